The molecule has 0 spiro atoms. The normalized spacial score (nSPS) is 11.9. The summed E-state index contributed by atoms with van der Waals surface area (Å²) in [6.07, 6.45) is -0.0461. The SMILES string of the molecule is CCC(C)N(N=O)C(=O)OC. The van der Waals surface area contributed by atoms with Crippen LogP contribution in [0.4, 0.5) is 4.79 Å². The van der Waals surface area contributed by atoms with E-state index < -0.39 is 6.09 Å². The van der Waals surface area contributed by atoms with E-state index in [1.807, 2.05) is 6.92 Å². The Morgan fingerprint density at radius 2 is 2.27 bits per heavy atom. The number of methoxy groups -OCH3 is 1. The van der Waals surface area contributed by atoms with E-state index in [9.17, 15) is 9.70 Å². The van der Waals surface area contributed by atoms with E-state index in [0.717, 1.165) is 5.01 Å². The molecule has 11 heavy (non-hydrogen) atoms. The first-order chi connectivity index (χ1) is 5.17. The van der Waals surface area contributed by atoms with Gasteiger partial charge in [-0.25, -0.2) is 4.79 Å². The Kier molecular flexibility index (Phi) is 4.17. The molecule has 0 fully saturated rings. The van der Waals surface area contributed by atoms with Crippen LogP contribution in [0.2, 0.25) is 0 Å². The second-order valence-electron chi connectivity index (χ2n) is 2.15. The van der Waals surface area contributed by atoms with E-state index in [1.54, 1.807) is 6.92 Å². The Balaban J connectivity index is 4.15. The summed E-state index contributed by atoms with van der Waals surface area (Å²) in [7, 11) is 1.21. The lowest BCUT2D eigenvalue weighted by Crippen LogP contribution is -2.33. The number of rotatable bonds is 3. The van der Waals surface area contributed by atoms with Gasteiger partial charge in [-0.1, -0.05) is 6.92 Å². The first-order valence-corrected chi connectivity index (χ1v) is 3.37. The predicted molar refractivity (Wildman–Crippen MR) is 39.8 cm³/mol. The molecule has 0 saturated heterocycles. The lowest BCUT2D eigenvalue weighted by molar-refractivity contribution is 0.108. The van der Waals surface area contributed by atoms with Crippen LogP contribution < -0.4 is 0 Å². The number of amides is 1. The topological polar surface area (TPSA) is 59.0 Å². The number of carbonyl (C=O) groups is 1. The Morgan fingerprint density at radius 3 is 2.55 bits per heavy atom. The van der Waals surface area contributed by atoms with Gasteiger partial charge in [0.1, 0.15) is 0 Å². The van der Waals surface area contributed by atoms with Crippen LogP contribution in [0.15, 0.2) is 5.29 Å². The first kappa shape index (κ1) is 9.87. The van der Waals surface area contributed by atoms with Gasteiger partial charge in [-0.2, -0.15) is 5.01 Å². The molecule has 5 nitrogen and oxygen atoms in total. The third-order valence-electron chi connectivity index (χ3n) is 1.46. The van der Waals surface area contributed by atoms with Crippen LogP contribution in [0.25, 0.3) is 0 Å². The van der Waals surface area contributed by atoms with Crippen molar-refractivity contribution in [2.45, 2.75) is 26.3 Å². The highest BCUT2D eigenvalue weighted by Crippen LogP contribution is 2.04. The minimum Gasteiger partial charge on any atom is -0.451 e. The van der Waals surface area contributed by atoms with Crippen LogP contribution in [0.3, 0.4) is 0 Å². The average Bonchev–Trinajstić information content (AvgIpc) is 2.05. The first-order valence-electron chi connectivity index (χ1n) is 3.37. The van der Waals surface area contributed by atoms with Crippen molar-refractivity contribution in [2.75, 3.05) is 7.11 Å². The van der Waals surface area contributed by atoms with Crippen LogP contribution in [0.5, 0.6) is 0 Å². The van der Waals surface area contributed by atoms with Gasteiger partial charge in [0.05, 0.1) is 18.4 Å². The molecule has 0 bridgehead atoms. The maximum absolute atomic E-state index is 10.8. The average molecular weight is 160 g/mol. The summed E-state index contributed by atoms with van der Waals surface area (Å²) < 4.78 is 4.32. The Hall–Kier alpha value is -1.13. The summed E-state index contributed by atoms with van der Waals surface area (Å²) in [5, 5.41) is 3.32. The minimum absolute atomic E-state index is 0.208. The lowest BCUT2D eigenvalue weighted by Gasteiger charge is -2.17. The summed E-state index contributed by atoms with van der Waals surface area (Å²) in [6, 6.07) is -0.208. The van der Waals surface area contributed by atoms with E-state index >= 15 is 0 Å². The summed E-state index contributed by atoms with van der Waals surface area (Å²) >= 11 is 0. The van der Waals surface area contributed by atoms with Gasteiger partial charge in [-0.15, -0.1) is 4.91 Å². The van der Waals surface area contributed by atoms with Crippen molar-refractivity contribution in [3.05, 3.63) is 4.91 Å². The van der Waals surface area contributed by atoms with Gasteiger partial charge >= 0.3 is 6.09 Å². The molecule has 1 unspecified atom stereocenters. The highest BCUT2D eigenvalue weighted by molar-refractivity contribution is 5.67. The molecule has 0 saturated carbocycles. The van der Waals surface area contributed by atoms with Gasteiger partial charge in [0.2, 0.25) is 0 Å². The highest BCUT2D eigenvalue weighted by Gasteiger charge is 2.19. The van der Waals surface area contributed by atoms with E-state index in [4.69, 9.17) is 0 Å². The highest BCUT2D eigenvalue weighted by atomic mass is 16.6. The molecule has 5 heteroatoms. The molecule has 0 heterocycles. The molecule has 0 radical (unpaired) electrons. The number of ether oxygens (including phenoxy) is 1. The summed E-state index contributed by atoms with van der Waals surface area (Å²) in [6.45, 7) is 3.57. The van der Waals surface area contributed by atoms with Gasteiger partial charge in [-0.3, -0.25) is 0 Å². The molecule has 1 atom stereocenters. The van der Waals surface area contributed by atoms with Gasteiger partial charge in [0.15, 0.2) is 0 Å². The van der Waals surface area contributed by atoms with Crippen LogP contribution in [0.1, 0.15) is 20.3 Å². The molecule has 0 aromatic rings. The predicted octanol–water partition coefficient (Wildman–Crippen LogP) is 1.53. The van der Waals surface area contributed by atoms with E-state index in [0.29, 0.717) is 6.42 Å². The fraction of sp³-hybridized carbons (Fsp3) is 0.833. The Labute approximate surface area is 65.3 Å². The van der Waals surface area contributed by atoms with E-state index in [-0.39, 0.29) is 6.04 Å². The molecule has 0 aromatic carbocycles. The van der Waals surface area contributed by atoms with Crippen molar-refractivity contribution >= 4 is 6.09 Å². The molecule has 0 aliphatic carbocycles. The maximum Gasteiger partial charge on any atom is 0.432 e. The number of hydrogen-bond acceptors (Lipinski definition) is 4. The number of carbonyl (C=O) groups excluding carboxylic acids is 1. The third-order valence-corrected chi connectivity index (χ3v) is 1.46. The lowest BCUT2D eigenvalue weighted by atomic mass is 10.3. The van der Waals surface area contributed by atoms with Crippen molar-refractivity contribution in [1.82, 2.24) is 5.01 Å². The summed E-state index contributed by atoms with van der Waals surface area (Å²) in [4.78, 5) is 20.8. The maximum atomic E-state index is 10.8. The second-order valence-corrected chi connectivity index (χ2v) is 2.15. The largest absolute Gasteiger partial charge is 0.451 e. The van der Waals surface area contributed by atoms with Crippen LogP contribution in [0, 0.1) is 4.91 Å². The fourth-order valence-electron chi connectivity index (χ4n) is 0.560. The number of nitrogens with zero attached hydrogens (tertiary/aromatic N) is 2. The quantitative estimate of drug-likeness (QED) is 0.464. The van der Waals surface area contributed by atoms with Gasteiger partial charge in [-0.05, 0) is 13.3 Å². The molecule has 1 amide bonds. The third kappa shape index (κ3) is 2.53. The monoisotopic (exact) mass is 160 g/mol. The van der Waals surface area contributed by atoms with Crippen LogP contribution in [-0.2, 0) is 4.74 Å². The van der Waals surface area contributed by atoms with Crippen molar-refractivity contribution in [3.8, 4) is 0 Å². The molecule has 0 aromatic heterocycles. The molecule has 0 aliphatic rings. The zero-order valence-electron chi connectivity index (χ0n) is 6.90. The fourth-order valence-corrected chi connectivity index (χ4v) is 0.560. The van der Waals surface area contributed by atoms with Gasteiger partial charge in [0, 0.05) is 0 Å². The van der Waals surface area contributed by atoms with Crippen molar-refractivity contribution < 1.29 is 9.53 Å². The van der Waals surface area contributed by atoms with Crippen molar-refractivity contribution in [3.63, 3.8) is 0 Å². The zero-order chi connectivity index (χ0) is 8.85. The standard InChI is InChI=1S/C6H12N2O3/c1-4-5(2)8(7-10)6(9)11-3/h5H,4H2,1-3H3. The minimum atomic E-state index is -0.714. The summed E-state index contributed by atoms with van der Waals surface area (Å²) in [5.41, 5.74) is 0. The Bertz CT molecular complexity index is 149. The number of hydrogen-bond donors (Lipinski definition) is 0. The molecule has 0 N–H and O–H groups in total. The van der Waals surface area contributed by atoms with Crippen LogP contribution in [-0.4, -0.2) is 24.3 Å². The molecular formula is C6H12N2O3. The number of nitroso groups, excluding NO2 is 1. The van der Waals surface area contributed by atoms with Gasteiger partial charge < -0.3 is 4.74 Å². The molecular weight excluding hydrogens is 148 g/mol. The second kappa shape index (κ2) is 4.65. The van der Waals surface area contributed by atoms with E-state index in [2.05, 4.69) is 10.0 Å². The summed E-state index contributed by atoms with van der Waals surface area (Å²) in [5.74, 6) is 0. The van der Waals surface area contributed by atoms with Crippen LogP contribution >= 0.6 is 0 Å². The Morgan fingerprint density at radius 1 is 1.73 bits per heavy atom. The van der Waals surface area contributed by atoms with Crippen molar-refractivity contribution in [1.29, 1.82) is 0 Å². The zero-order valence-corrected chi connectivity index (χ0v) is 6.90. The smallest absolute Gasteiger partial charge is 0.432 e. The molecule has 0 aliphatic heterocycles. The molecule has 0 rings (SSSR count). The van der Waals surface area contributed by atoms with Crippen molar-refractivity contribution in [2.24, 2.45) is 5.29 Å². The van der Waals surface area contributed by atoms with E-state index in [1.165, 1.54) is 7.11 Å². The molecule has 64 valence electrons. The van der Waals surface area contributed by atoms with Gasteiger partial charge in [0.25, 0.3) is 0 Å².